The van der Waals surface area contributed by atoms with Gasteiger partial charge in [-0.05, 0) is 20.5 Å². The number of aliphatic hydroxyl groups is 3. The molecular weight excluding hydrogens is 376 g/mol. The van der Waals surface area contributed by atoms with Crippen LogP contribution in [0.2, 0.25) is 0 Å². The van der Waals surface area contributed by atoms with E-state index < -0.39 is 12.2 Å². The van der Waals surface area contributed by atoms with E-state index in [0.717, 1.165) is 58.8 Å². The number of likely N-dealkylation sites (N-methyl/N-ethyl adjacent to an activating group) is 2. The van der Waals surface area contributed by atoms with Crippen molar-refractivity contribution in [3.63, 3.8) is 0 Å². The van der Waals surface area contributed by atoms with Crippen molar-refractivity contribution in [1.29, 1.82) is 0 Å². The highest BCUT2D eigenvalue weighted by atomic mass is 16.5. The van der Waals surface area contributed by atoms with Gasteiger partial charge < -0.3 is 34.6 Å². The van der Waals surface area contributed by atoms with Gasteiger partial charge in [0.25, 0.3) is 0 Å². The van der Waals surface area contributed by atoms with Crippen LogP contribution < -0.4 is 0 Å². The summed E-state index contributed by atoms with van der Waals surface area (Å²) >= 11 is 0. The van der Waals surface area contributed by atoms with E-state index >= 15 is 0 Å². The molecule has 2 heterocycles. The lowest BCUT2D eigenvalue weighted by atomic mass is 10.1. The number of β-amino-alcohol motifs (C(OH)–C–C–N with tert-alkyl or cyclic N) is 1. The second kappa shape index (κ2) is 13.8. The first kappa shape index (κ1) is 24.9. The largest absolute Gasteiger partial charge is 0.395 e. The molecule has 9 nitrogen and oxygen atoms in total. The molecule has 3 atom stereocenters. The lowest BCUT2D eigenvalue weighted by Crippen LogP contribution is -2.50. The lowest BCUT2D eigenvalue weighted by Gasteiger charge is -2.37. The van der Waals surface area contributed by atoms with Crippen molar-refractivity contribution >= 4 is 0 Å². The Morgan fingerprint density at radius 3 is 1.93 bits per heavy atom. The third-order valence-corrected chi connectivity index (χ3v) is 5.86. The Morgan fingerprint density at radius 2 is 1.31 bits per heavy atom. The Labute approximate surface area is 175 Å². The average molecular weight is 419 g/mol. The Kier molecular flexibility index (Phi) is 11.9. The molecular formula is C20H42N4O5. The maximum atomic E-state index is 10.1. The minimum absolute atomic E-state index is 0.113. The van der Waals surface area contributed by atoms with Crippen LogP contribution in [0.1, 0.15) is 6.42 Å². The molecule has 29 heavy (non-hydrogen) atoms. The van der Waals surface area contributed by atoms with Crippen molar-refractivity contribution in [3.05, 3.63) is 0 Å². The van der Waals surface area contributed by atoms with Gasteiger partial charge in [-0.15, -0.1) is 0 Å². The zero-order valence-corrected chi connectivity index (χ0v) is 18.3. The summed E-state index contributed by atoms with van der Waals surface area (Å²) in [6, 6.07) is 0.113. The van der Waals surface area contributed by atoms with Gasteiger partial charge in [0, 0.05) is 71.6 Å². The first-order chi connectivity index (χ1) is 14.0. The average Bonchev–Trinajstić information content (AvgIpc) is 2.71. The number of nitrogens with zero attached hydrogens (tertiary/aromatic N) is 4. The second-order valence-electron chi connectivity index (χ2n) is 8.49. The molecule has 0 bridgehead atoms. The summed E-state index contributed by atoms with van der Waals surface area (Å²) in [4.78, 5) is 9.12. The van der Waals surface area contributed by atoms with E-state index in [0.29, 0.717) is 13.2 Å². The van der Waals surface area contributed by atoms with Gasteiger partial charge in [-0.3, -0.25) is 9.80 Å². The topological polar surface area (TPSA) is 92.1 Å². The number of rotatable bonds is 13. The van der Waals surface area contributed by atoms with Gasteiger partial charge >= 0.3 is 0 Å². The number of ether oxygens (including phenoxy) is 2. The fourth-order valence-corrected chi connectivity index (χ4v) is 3.78. The summed E-state index contributed by atoms with van der Waals surface area (Å²) in [6.07, 6.45) is -0.500. The predicted octanol–water partition coefficient (Wildman–Crippen LogP) is -2.01. The maximum absolute atomic E-state index is 10.1. The zero-order chi connectivity index (χ0) is 21.1. The number of aliphatic hydroxyl groups excluding tert-OH is 3. The standard InChI is InChI=1S/C20H42N4O5/c1-21-4-8-23(9-5-21)13-19(26)15-29-17-20(27)16-28-12-3-18(14-25)24-10-6-22(2)7-11-24/h18-20,25-27H,3-17H2,1-2H3. The SMILES string of the molecule is CN1CCN(CC(O)COCC(O)COCCC(CO)N2CCN(C)CC2)CC1. The van der Waals surface area contributed by atoms with Gasteiger partial charge in [0.15, 0.2) is 0 Å². The van der Waals surface area contributed by atoms with Crippen LogP contribution in [0, 0.1) is 0 Å². The summed E-state index contributed by atoms with van der Waals surface area (Å²) in [6.45, 7) is 9.77. The van der Waals surface area contributed by atoms with Gasteiger partial charge in [0.2, 0.25) is 0 Å². The molecule has 0 aromatic carbocycles. The van der Waals surface area contributed by atoms with E-state index in [1.807, 2.05) is 0 Å². The molecule has 0 aliphatic carbocycles. The molecule has 0 spiro atoms. The summed E-state index contributed by atoms with van der Waals surface area (Å²) < 4.78 is 11.0. The van der Waals surface area contributed by atoms with Crippen molar-refractivity contribution in [2.45, 2.75) is 24.7 Å². The summed E-state index contributed by atoms with van der Waals surface area (Å²) in [7, 11) is 4.22. The number of hydrogen-bond donors (Lipinski definition) is 3. The second-order valence-corrected chi connectivity index (χ2v) is 8.49. The van der Waals surface area contributed by atoms with Crippen molar-refractivity contribution in [1.82, 2.24) is 19.6 Å². The first-order valence-corrected chi connectivity index (χ1v) is 10.9. The Balaban J connectivity index is 1.48. The minimum Gasteiger partial charge on any atom is -0.395 e. The van der Waals surface area contributed by atoms with E-state index in [2.05, 4.69) is 33.7 Å². The van der Waals surface area contributed by atoms with E-state index in [1.54, 1.807) is 0 Å². The normalized spacial score (nSPS) is 23.9. The Morgan fingerprint density at radius 1 is 0.759 bits per heavy atom. The van der Waals surface area contributed by atoms with Crippen molar-refractivity contribution < 1.29 is 24.8 Å². The smallest absolute Gasteiger partial charge is 0.101 e. The molecule has 2 fully saturated rings. The minimum atomic E-state index is -0.706. The van der Waals surface area contributed by atoms with Crippen LogP contribution in [-0.4, -0.2) is 159 Å². The molecule has 2 saturated heterocycles. The Hall–Kier alpha value is -0.360. The van der Waals surface area contributed by atoms with Gasteiger partial charge in [0.1, 0.15) is 6.10 Å². The molecule has 3 unspecified atom stereocenters. The van der Waals surface area contributed by atoms with Gasteiger partial charge in [-0.2, -0.15) is 0 Å². The van der Waals surface area contributed by atoms with Crippen LogP contribution in [0.25, 0.3) is 0 Å². The molecule has 9 heteroatoms. The zero-order valence-electron chi connectivity index (χ0n) is 18.3. The number of piperazine rings is 2. The van der Waals surface area contributed by atoms with Crippen molar-refractivity contribution in [3.8, 4) is 0 Å². The molecule has 0 aromatic rings. The van der Waals surface area contributed by atoms with Gasteiger partial charge in [-0.25, -0.2) is 0 Å². The highest BCUT2D eigenvalue weighted by Gasteiger charge is 2.22. The van der Waals surface area contributed by atoms with Crippen LogP contribution in [0.5, 0.6) is 0 Å². The predicted molar refractivity (Wildman–Crippen MR) is 112 cm³/mol. The summed E-state index contributed by atoms with van der Waals surface area (Å²) in [5, 5.41) is 29.7. The van der Waals surface area contributed by atoms with Gasteiger partial charge in [0.05, 0.1) is 32.5 Å². The van der Waals surface area contributed by atoms with E-state index in [1.165, 1.54) is 0 Å². The highest BCUT2D eigenvalue weighted by Crippen LogP contribution is 2.08. The van der Waals surface area contributed by atoms with Crippen molar-refractivity contribution in [2.75, 3.05) is 106 Å². The molecule has 0 radical (unpaired) electrons. The molecule has 172 valence electrons. The lowest BCUT2D eigenvalue weighted by molar-refractivity contribution is -0.0487. The van der Waals surface area contributed by atoms with Gasteiger partial charge in [-0.1, -0.05) is 0 Å². The molecule has 3 N–H and O–H groups in total. The molecule has 2 rings (SSSR count). The highest BCUT2D eigenvalue weighted by molar-refractivity contribution is 4.77. The third-order valence-electron chi connectivity index (χ3n) is 5.86. The quantitative estimate of drug-likeness (QED) is 0.293. The van der Waals surface area contributed by atoms with E-state index in [-0.39, 0.29) is 32.5 Å². The van der Waals surface area contributed by atoms with Crippen LogP contribution in [-0.2, 0) is 9.47 Å². The first-order valence-electron chi connectivity index (χ1n) is 10.9. The molecule has 2 aliphatic rings. The van der Waals surface area contributed by atoms with Crippen molar-refractivity contribution in [2.24, 2.45) is 0 Å². The summed E-state index contributed by atoms with van der Waals surface area (Å²) in [5.74, 6) is 0. The van der Waals surface area contributed by atoms with E-state index in [9.17, 15) is 15.3 Å². The summed E-state index contributed by atoms with van der Waals surface area (Å²) in [5.41, 5.74) is 0. The third kappa shape index (κ3) is 9.99. The molecule has 0 aromatic heterocycles. The fraction of sp³-hybridized carbons (Fsp3) is 1.00. The molecule has 0 amide bonds. The van der Waals surface area contributed by atoms with Crippen LogP contribution in [0.3, 0.4) is 0 Å². The fourth-order valence-electron chi connectivity index (χ4n) is 3.78. The monoisotopic (exact) mass is 418 g/mol. The van der Waals surface area contributed by atoms with Crippen LogP contribution >= 0.6 is 0 Å². The van der Waals surface area contributed by atoms with Crippen LogP contribution in [0.15, 0.2) is 0 Å². The number of hydrogen-bond acceptors (Lipinski definition) is 9. The maximum Gasteiger partial charge on any atom is 0.101 e. The van der Waals surface area contributed by atoms with Crippen LogP contribution in [0.4, 0.5) is 0 Å². The Bertz CT molecular complexity index is 418. The van der Waals surface area contributed by atoms with E-state index in [4.69, 9.17) is 9.47 Å². The molecule has 2 aliphatic heterocycles. The molecule has 0 saturated carbocycles.